The van der Waals surface area contributed by atoms with Gasteiger partial charge in [0.25, 0.3) is 0 Å². The van der Waals surface area contributed by atoms with E-state index in [4.69, 9.17) is 23.2 Å². The van der Waals surface area contributed by atoms with E-state index in [1.54, 1.807) is 0 Å². The molecule has 1 heterocycles. The molecule has 0 unspecified atom stereocenters. The van der Waals surface area contributed by atoms with Crippen LogP contribution in [0.25, 0.3) is 0 Å². The predicted octanol–water partition coefficient (Wildman–Crippen LogP) is 3.52. The fourth-order valence-electron chi connectivity index (χ4n) is 2.22. The molecule has 0 atom stereocenters. The Morgan fingerprint density at radius 2 is 1.71 bits per heavy atom. The van der Waals surface area contributed by atoms with Gasteiger partial charge in [0, 0.05) is 32.2 Å². The van der Waals surface area contributed by atoms with Crippen LogP contribution in [0.1, 0.15) is 13.8 Å². The third kappa shape index (κ3) is 2.87. The molecule has 0 radical (unpaired) electrons. The van der Waals surface area contributed by atoms with Crippen LogP contribution in [0.5, 0.6) is 0 Å². The van der Waals surface area contributed by atoms with Crippen molar-refractivity contribution in [1.29, 1.82) is 0 Å². The van der Waals surface area contributed by atoms with E-state index in [-0.39, 0.29) is 0 Å². The van der Waals surface area contributed by atoms with Crippen LogP contribution < -0.4 is 4.90 Å². The minimum absolute atomic E-state index is 0.618. The van der Waals surface area contributed by atoms with Crippen LogP contribution in [0.2, 0.25) is 10.0 Å². The summed E-state index contributed by atoms with van der Waals surface area (Å²) in [6, 6.07) is 6.45. The van der Waals surface area contributed by atoms with Crippen LogP contribution in [-0.4, -0.2) is 37.1 Å². The third-order valence-corrected chi connectivity index (χ3v) is 4.13. The summed E-state index contributed by atoms with van der Waals surface area (Å²) in [5.74, 6) is 0. The smallest absolute Gasteiger partial charge is 0.0825 e. The molecule has 2 nitrogen and oxygen atoms in total. The van der Waals surface area contributed by atoms with E-state index in [1.807, 2.05) is 18.2 Å². The van der Waals surface area contributed by atoms with Crippen LogP contribution in [0, 0.1) is 0 Å². The maximum absolute atomic E-state index is 6.24. The van der Waals surface area contributed by atoms with E-state index in [0.717, 1.165) is 31.9 Å². The molecule has 0 aliphatic carbocycles. The Hall–Kier alpha value is -0.440. The molecule has 1 fully saturated rings. The minimum atomic E-state index is 0.618. The number of rotatable bonds is 2. The summed E-state index contributed by atoms with van der Waals surface area (Å²) in [5, 5.41) is 1.31. The maximum atomic E-state index is 6.24. The Morgan fingerprint density at radius 1 is 1.06 bits per heavy atom. The molecule has 0 aromatic heterocycles. The lowest BCUT2D eigenvalue weighted by molar-refractivity contribution is 0.209. The molecule has 1 aromatic rings. The van der Waals surface area contributed by atoms with Gasteiger partial charge in [-0.25, -0.2) is 0 Å². The van der Waals surface area contributed by atoms with E-state index >= 15 is 0 Å². The lowest BCUT2D eigenvalue weighted by atomic mass is 10.2. The monoisotopic (exact) mass is 272 g/mol. The van der Waals surface area contributed by atoms with E-state index < -0.39 is 0 Å². The fraction of sp³-hybridized carbons (Fsp3) is 0.538. The van der Waals surface area contributed by atoms with Gasteiger partial charge >= 0.3 is 0 Å². The van der Waals surface area contributed by atoms with E-state index in [2.05, 4.69) is 23.6 Å². The van der Waals surface area contributed by atoms with E-state index in [0.29, 0.717) is 16.1 Å². The highest BCUT2D eigenvalue weighted by Crippen LogP contribution is 2.32. The van der Waals surface area contributed by atoms with Crippen molar-refractivity contribution in [2.45, 2.75) is 19.9 Å². The molecular weight excluding hydrogens is 255 g/mol. The van der Waals surface area contributed by atoms with Gasteiger partial charge in [-0.2, -0.15) is 0 Å². The van der Waals surface area contributed by atoms with Gasteiger partial charge in [0.05, 0.1) is 15.7 Å². The molecule has 0 N–H and O–H groups in total. The second-order valence-electron chi connectivity index (χ2n) is 4.69. The number of anilines is 1. The predicted molar refractivity (Wildman–Crippen MR) is 75.4 cm³/mol. The highest BCUT2D eigenvalue weighted by Gasteiger charge is 2.20. The van der Waals surface area contributed by atoms with Gasteiger partial charge in [0.2, 0.25) is 0 Å². The first-order chi connectivity index (χ1) is 8.09. The average molecular weight is 273 g/mol. The van der Waals surface area contributed by atoms with Crippen molar-refractivity contribution in [3.63, 3.8) is 0 Å². The second kappa shape index (κ2) is 5.47. The number of hydrogen-bond donors (Lipinski definition) is 0. The summed E-state index contributed by atoms with van der Waals surface area (Å²) < 4.78 is 0. The second-order valence-corrected chi connectivity index (χ2v) is 5.47. The van der Waals surface area contributed by atoms with Crippen molar-refractivity contribution >= 4 is 28.9 Å². The first kappa shape index (κ1) is 13.0. The van der Waals surface area contributed by atoms with Crippen LogP contribution in [0.15, 0.2) is 18.2 Å². The van der Waals surface area contributed by atoms with Crippen molar-refractivity contribution < 1.29 is 0 Å². The van der Waals surface area contributed by atoms with Crippen LogP contribution in [-0.2, 0) is 0 Å². The molecule has 2 rings (SSSR count). The first-order valence-electron chi connectivity index (χ1n) is 6.02. The standard InChI is InChI=1S/C13H18Cl2N2/c1-10(2)16-6-8-17(9-7-16)12-5-3-4-11(14)13(12)15/h3-5,10H,6-9H2,1-2H3. The number of hydrogen-bond acceptors (Lipinski definition) is 2. The van der Waals surface area contributed by atoms with Crippen molar-refractivity contribution in [3.8, 4) is 0 Å². The number of benzene rings is 1. The van der Waals surface area contributed by atoms with Gasteiger partial charge in [-0.15, -0.1) is 0 Å². The molecule has 0 saturated carbocycles. The van der Waals surface area contributed by atoms with Gasteiger partial charge in [-0.05, 0) is 26.0 Å². The molecule has 1 aliphatic heterocycles. The molecule has 1 saturated heterocycles. The zero-order valence-corrected chi connectivity index (χ0v) is 11.8. The maximum Gasteiger partial charge on any atom is 0.0825 e. The molecule has 0 spiro atoms. The summed E-state index contributed by atoms with van der Waals surface area (Å²) >= 11 is 12.3. The highest BCUT2D eigenvalue weighted by molar-refractivity contribution is 6.43. The zero-order chi connectivity index (χ0) is 12.4. The van der Waals surface area contributed by atoms with Crippen LogP contribution >= 0.6 is 23.2 Å². The number of halogens is 2. The minimum Gasteiger partial charge on any atom is -0.368 e. The van der Waals surface area contributed by atoms with Crippen molar-refractivity contribution in [1.82, 2.24) is 4.90 Å². The SMILES string of the molecule is CC(C)N1CCN(c2cccc(Cl)c2Cl)CC1. The summed E-state index contributed by atoms with van der Waals surface area (Å²) in [4.78, 5) is 4.79. The fourth-order valence-corrected chi connectivity index (χ4v) is 2.63. The summed E-state index contributed by atoms with van der Waals surface area (Å²) in [7, 11) is 0. The van der Waals surface area contributed by atoms with E-state index in [9.17, 15) is 0 Å². The number of nitrogens with zero attached hydrogens (tertiary/aromatic N) is 2. The van der Waals surface area contributed by atoms with Gasteiger partial charge in [-0.1, -0.05) is 29.3 Å². The lowest BCUT2D eigenvalue weighted by Gasteiger charge is -2.38. The molecule has 1 aromatic carbocycles. The molecule has 17 heavy (non-hydrogen) atoms. The molecule has 94 valence electrons. The highest BCUT2D eigenvalue weighted by atomic mass is 35.5. The van der Waals surface area contributed by atoms with Gasteiger partial charge in [0.15, 0.2) is 0 Å². The summed E-state index contributed by atoms with van der Waals surface area (Å²) in [5.41, 5.74) is 1.06. The van der Waals surface area contributed by atoms with Crippen molar-refractivity contribution in [2.75, 3.05) is 31.1 Å². The topological polar surface area (TPSA) is 6.48 Å². The lowest BCUT2D eigenvalue weighted by Crippen LogP contribution is -2.49. The van der Waals surface area contributed by atoms with Crippen LogP contribution in [0.3, 0.4) is 0 Å². The summed E-state index contributed by atoms with van der Waals surface area (Å²) in [6.07, 6.45) is 0. The molecule has 0 bridgehead atoms. The Labute approximate surface area is 113 Å². The van der Waals surface area contributed by atoms with Gasteiger partial charge in [-0.3, -0.25) is 4.90 Å². The normalized spacial score (nSPS) is 17.8. The van der Waals surface area contributed by atoms with E-state index in [1.165, 1.54) is 0 Å². The average Bonchev–Trinajstić information content (AvgIpc) is 2.33. The van der Waals surface area contributed by atoms with Crippen LogP contribution in [0.4, 0.5) is 5.69 Å². The van der Waals surface area contributed by atoms with Crippen molar-refractivity contribution in [3.05, 3.63) is 28.2 Å². The zero-order valence-electron chi connectivity index (χ0n) is 10.3. The Bertz CT molecular complexity index is 385. The Morgan fingerprint density at radius 3 is 2.29 bits per heavy atom. The van der Waals surface area contributed by atoms with Gasteiger partial charge < -0.3 is 4.90 Å². The Balaban J connectivity index is 2.08. The third-order valence-electron chi connectivity index (χ3n) is 3.32. The summed E-state index contributed by atoms with van der Waals surface area (Å²) in [6.45, 7) is 8.67. The quantitative estimate of drug-likeness (QED) is 0.813. The van der Waals surface area contributed by atoms with Crippen molar-refractivity contribution in [2.24, 2.45) is 0 Å². The first-order valence-corrected chi connectivity index (χ1v) is 6.78. The molecular formula is C13H18Cl2N2. The van der Waals surface area contributed by atoms with Gasteiger partial charge in [0.1, 0.15) is 0 Å². The molecule has 4 heteroatoms. The largest absolute Gasteiger partial charge is 0.368 e. The molecule has 0 amide bonds. The number of piperazine rings is 1. The Kier molecular flexibility index (Phi) is 4.18. The molecule has 1 aliphatic rings.